The third kappa shape index (κ3) is 6.45. The first-order valence-corrected chi connectivity index (χ1v) is 6.19. The second kappa shape index (κ2) is 8.77. The number of carbonyl (C=O) groups is 1. The molecule has 1 aromatic rings. The van der Waals surface area contributed by atoms with Gasteiger partial charge in [0.1, 0.15) is 5.75 Å². The molecule has 0 aliphatic rings. The van der Waals surface area contributed by atoms with Gasteiger partial charge in [-0.3, -0.25) is 4.79 Å². The number of benzene rings is 1. The topological polar surface area (TPSA) is 64.3 Å². The molecule has 1 amide bonds. The first-order chi connectivity index (χ1) is 8.52. The molecule has 3 N–H and O–H groups in total. The second-order valence-electron chi connectivity index (χ2n) is 4.81. The Morgan fingerprint density at radius 1 is 1.42 bits per heavy atom. The van der Waals surface area contributed by atoms with E-state index in [0.29, 0.717) is 18.9 Å². The van der Waals surface area contributed by atoms with Crippen molar-refractivity contribution in [3.63, 3.8) is 0 Å². The van der Waals surface area contributed by atoms with Crippen molar-refractivity contribution in [1.82, 2.24) is 5.32 Å². The average molecular weight is 287 g/mol. The highest BCUT2D eigenvalue weighted by atomic mass is 35.5. The maximum atomic E-state index is 11.7. The lowest BCUT2D eigenvalue weighted by Gasteiger charge is -2.14. The third-order valence-corrected chi connectivity index (χ3v) is 2.66. The summed E-state index contributed by atoms with van der Waals surface area (Å²) in [4.78, 5) is 11.7. The van der Waals surface area contributed by atoms with Crippen LogP contribution in [0.3, 0.4) is 0 Å². The van der Waals surface area contributed by atoms with Gasteiger partial charge >= 0.3 is 0 Å². The Labute approximate surface area is 121 Å². The van der Waals surface area contributed by atoms with Gasteiger partial charge in [0.2, 0.25) is 5.91 Å². The highest BCUT2D eigenvalue weighted by Gasteiger charge is 2.14. The van der Waals surface area contributed by atoms with Crippen LogP contribution in [-0.2, 0) is 11.3 Å². The summed E-state index contributed by atoms with van der Waals surface area (Å²) in [5.74, 6) is 1.10. The van der Waals surface area contributed by atoms with Crippen LogP contribution in [0.2, 0.25) is 0 Å². The summed E-state index contributed by atoms with van der Waals surface area (Å²) < 4.78 is 5.12. The molecule has 0 spiro atoms. The largest absolute Gasteiger partial charge is 0.497 e. The molecule has 0 radical (unpaired) electrons. The van der Waals surface area contributed by atoms with Crippen molar-refractivity contribution in [1.29, 1.82) is 0 Å². The maximum absolute atomic E-state index is 11.7. The molecule has 1 aromatic carbocycles. The molecule has 0 aliphatic heterocycles. The zero-order chi connectivity index (χ0) is 13.5. The van der Waals surface area contributed by atoms with Gasteiger partial charge < -0.3 is 15.8 Å². The number of hydrogen-bond donors (Lipinski definition) is 2. The van der Waals surface area contributed by atoms with Crippen molar-refractivity contribution < 1.29 is 9.53 Å². The predicted octanol–water partition coefficient (Wildman–Crippen LogP) is 2.11. The van der Waals surface area contributed by atoms with Crippen LogP contribution in [0, 0.1) is 5.92 Å². The molecule has 5 heteroatoms. The standard InChI is InChI=1S/C14H22N2O2.ClH/c1-10(2)7-13(15)14(17)16-9-11-5-4-6-12(8-11)18-3;/h4-6,8,10,13H,7,9,15H2,1-3H3,(H,16,17);1H/t13-;/m0./s1. The summed E-state index contributed by atoms with van der Waals surface area (Å²) in [6, 6.07) is 7.17. The molecule has 0 fully saturated rings. The minimum Gasteiger partial charge on any atom is -0.497 e. The molecule has 4 nitrogen and oxygen atoms in total. The molecule has 19 heavy (non-hydrogen) atoms. The van der Waals surface area contributed by atoms with Gasteiger partial charge in [-0.25, -0.2) is 0 Å². The minimum atomic E-state index is -0.435. The van der Waals surface area contributed by atoms with Gasteiger partial charge in [-0.2, -0.15) is 0 Å². The van der Waals surface area contributed by atoms with Crippen molar-refractivity contribution in [2.75, 3.05) is 7.11 Å². The number of methoxy groups -OCH3 is 1. The van der Waals surface area contributed by atoms with E-state index < -0.39 is 6.04 Å². The smallest absolute Gasteiger partial charge is 0.237 e. The second-order valence-corrected chi connectivity index (χ2v) is 4.81. The lowest BCUT2D eigenvalue weighted by Crippen LogP contribution is -2.41. The van der Waals surface area contributed by atoms with E-state index in [-0.39, 0.29) is 18.3 Å². The van der Waals surface area contributed by atoms with E-state index in [1.165, 1.54) is 0 Å². The molecule has 0 aromatic heterocycles. The average Bonchev–Trinajstić information content (AvgIpc) is 2.35. The van der Waals surface area contributed by atoms with Crippen LogP contribution >= 0.6 is 12.4 Å². The fraction of sp³-hybridized carbons (Fsp3) is 0.500. The van der Waals surface area contributed by atoms with E-state index in [4.69, 9.17) is 10.5 Å². The number of amides is 1. The van der Waals surface area contributed by atoms with E-state index >= 15 is 0 Å². The molecule has 0 saturated heterocycles. The number of nitrogens with one attached hydrogen (secondary N) is 1. The van der Waals surface area contributed by atoms with Crippen LogP contribution in [0.25, 0.3) is 0 Å². The molecular weight excluding hydrogens is 264 g/mol. The van der Waals surface area contributed by atoms with Crippen LogP contribution in [0.1, 0.15) is 25.8 Å². The van der Waals surface area contributed by atoms with Crippen LogP contribution in [-0.4, -0.2) is 19.1 Å². The highest BCUT2D eigenvalue weighted by Crippen LogP contribution is 2.12. The monoisotopic (exact) mass is 286 g/mol. The predicted molar refractivity (Wildman–Crippen MR) is 79.5 cm³/mol. The molecule has 108 valence electrons. The first kappa shape index (κ1) is 17.7. The minimum absolute atomic E-state index is 0. The van der Waals surface area contributed by atoms with Crippen LogP contribution in [0.15, 0.2) is 24.3 Å². The van der Waals surface area contributed by atoms with Crippen molar-refractivity contribution in [3.8, 4) is 5.75 Å². The Morgan fingerprint density at radius 3 is 2.68 bits per heavy atom. The van der Waals surface area contributed by atoms with Gasteiger partial charge in [0, 0.05) is 6.54 Å². The lowest BCUT2D eigenvalue weighted by molar-refractivity contribution is -0.122. The Kier molecular flexibility index (Phi) is 8.19. The van der Waals surface area contributed by atoms with E-state index in [2.05, 4.69) is 19.2 Å². The van der Waals surface area contributed by atoms with Gasteiger partial charge in [0.05, 0.1) is 13.2 Å². The van der Waals surface area contributed by atoms with Gasteiger partial charge in [0.15, 0.2) is 0 Å². The fourth-order valence-corrected chi connectivity index (χ4v) is 1.72. The van der Waals surface area contributed by atoms with E-state index in [1.54, 1.807) is 7.11 Å². The van der Waals surface area contributed by atoms with Crippen molar-refractivity contribution >= 4 is 18.3 Å². The number of nitrogens with two attached hydrogens (primary N) is 1. The molecule has 0 aliphatic carbocycles. The van der Waals surface area contributed by atoms with Gasteiger partial charge in [0.25, 0.3) is 0 Å². The summed E-state index contributed by atoms with van der Waals surface area (Å²) in [6.45, 7) is 4.58. The van der Waals surface area contributed by atoms with Crippen molar-refractivity contribution in [3.05, 3.63) is 29.8 Å². The number of halogens is 1. The molecule has 0 saturated carbocycles. The van der Waals surface area contributed by atoms with Gasteiger partial charge in [-0.1, -0.05) is 26.0 Å². The fourth-order valence-electron chi connectivity index (χ4n) is 1.72. The molecule has 0 unspecified atom stereocenters. The Hall–Kier alpha value is -1.26. The molecule has 1 atom stereocenters. The summed E-state index contributed by atoms with van der Waals surface area (Å²) in [7, 11) is 1.62. The highest BCUT2D eigenvalue weighted by molar-refractivity contribution is 5.85. The number of rotatable bonds is 6. The maximum Gasteiger partial charge on any atom is 0.237 e. The summed E-state index contributed by atoms with van der Waals surface area (Å²) in [5, 5.41) is 2.84. The Balaban J connectivity index is 0.00000324. The quantitative estimate of drug-likeness (QED) is 0.842. The summed E-state index contributed by atoms with van der Waals surface area (Å²) in [6.07, 6.45) is 0.698. The number of hydrogen-bond acceptors (Lipinski definition) is 3. The summed E-state index contributed by atoms with van der Waals surface area (Å²) in [5.41, 5.74) is 6.80. The van der Waals surface area contributed by atoms with E-state index in [0.717, 1.165) is 11.3 Å². The van der Waals surface area contributed by atoms with Gasteiger partial charge in [-0.15, -0.1) is 12.4 Å². The SMILES string of the molecule is COc1cccc(CNC(=O)[C@@H](N)CC(C)C)c1.Cl. The Bertz CT molecular complexity index is 397. The zero-order valence-electron chi connectivity index (χ0n) is 11.7. The first-order valence-electron chi connectivity index (χ1n) is 6.19. The van der Waals surface area contributed by atoms with Crippen molar-refractivity contribution in [2.45, 2.75) is 32.9 Å². The molecule has 0 bridgehead atoms. The van der Waals surface area contributed by atoms with E-state index in [1.807, 2.05) is 24.3 Å². The molecular formula is C14H23ClN2O2. The van der Waals surface area contributed by atoms with Crippen molar-refractivity contribution in [2.24, 2.45) is 11.7 Å². The van der Waals surface area contributed by atoms with Crippen LogP contribution in [0.4, 0.5) is 0 Å². The number of ether oxygens (including phenoxy) is 1. The molecule has 1 rings (SSSR count). The Morgan fingerprint density at radius 2 is 2.11 bits per heavy atom. The van der Waals surface area contributed by atoms with E-state index in [9.17, 15) is 4.79 Å². The van der Waals surface area contributed by atoms with Crippen LogP contribution < -0.4 is 15.8 Å². The zero-order valence-corrected chi connectivity index (χ0v) is 12.5. The van der Waals surface area contributed by atoms with Gasteiger partial charge in [-0.05, 0) is 30.0 Å². The van der Waals surface area contributed by atoms with Crippen LogP contribution in [0.5, 0.6) is 5.75 Å². The number of carbonyl (C=O) groups excluding carboxylic acids is 1. The molecule has 0 heterocycles. The normalized spacial score (nSPS) is 11.6. The lowest BCUT2D eigenvalue weighted by atomic mass is 10.0. The third-order valence-electron chi connectivity index (χ3n) is 2.66. The summed E-state index contributed by atoms with van der Waals surface area (Å²) >= 11 is 0.